The molecule has 1 aliphatic heterocycles. The average molecular weight is 589 g/mol. The number of hydrogen-bond acceptors (Lipinski definition) is 7. The number of hydrazine groups is 1. The number of ether oxygens (including phenoxy) is 1. The molecule has 1 aliphatic carbocycles. The van der Waals surface area contributed by atoms with Gasteiger partial charge in [0.05, 0.1) is 12.8 Å². The summed E-state index contributed by atoms with van der Waals surface area (Å²) in [6, 6.07) is 8.38. The Kier molecular flexibility index (Phi) is 10.9. The zero-order valence-corrected chi connectivity index (χ0v) is 22.8. The highest BCUT2D eigenvalue weighted by molar-refractivity contribution is 6.30. The van der Waals surface area contributed by atoms with Crippen LogP contribution in [0.5, 0.6) is 0 Å². The molecule has 1 saturated carbocycles. The van der Waals surface area contributed by atoms with Gasteiger partial charge in [-0.1, -0.05) is 23.7 Å². The Balaban J connectivity index is 0.000000559. The predicted octanol–water partition coefficient (Wildman–Crippen LogP) is 3.78. The summed E-state index contributed by atoms with van der Waals surface area (Å²) in [5.74, 6) is -1.40. The number of carboxylic acids is 1. The largest absolute Gasteiger partial charge is 0.490 e. The Hall–Kier alpha value is -3.16. The number of halogens is 4. The molecule has 1 aromatic carbocycles. The molecule has 0 bridgehead atoms. The zero-order valence-electron chi connectivity index (χ0n) is 22.0. The molecule has 220 valence electrons. The minimum absolute atomic E-state index is 0.154. The van der Waals surface area contributed by atoms with Crippen molar-refractivity contribution in [2.75, 3.05) is 13.2 Å². The van der Waals surface area contributed by atoms with E-state index in [2.05, 4.69) is 20.7 Å². The fourth-order valence-electron chi connectivity index (χ4n) is 4.84. The van der Waals surface area contributed by atoms with Gasteiger partial charge in [-0.05, 0) is 56.7 Å². The second-order valence-corrected chi connectivity index (χ2v) is 10.2. The Bertz CT molecular complexity index is 1150. The van der Waals surface area contributed by atoms with Gasteiger partial charge in [0.15, 0.2) is 12.0 Å². The highest BCUT2D eigenvalue weighted by Gasteiger charge is 2.39. The van der Waals surface area contributed by atoms with E-state index < -0.39 is 18.2 Å². The number of alkyl halides is 3. The number of aryl methyl sites for hydroxylation is 1. The van der Waals surface area contributed by atoms with Crippen molar-refractivity contribution >= 4 is 29.4 Å². The van der Waals surface area contributed by atoms with Gasteiger partial charge in [-0.3, -0.25) is 25.3 Å². The van der Waals surface area contributed by atoms with Crippen LogP contribution in [0, 0.1) is 6.92 Å². The molecule has 0 unspecified atom stereocenters. The number of benzene rings is 1. The first-order valence-corrected chi connectivity index (χ1v) is 13.1. The lowest BCUT2D eigenvalue weighted by molar-refractivity contribution is -0.192. The lowest BCUT2D eigenvalue weighted by Gasteiger charge is -2.45. The molecule has 40 heavy (non-hydrogen) atoms. The number of nitrogens with one attached hydrogen (secondary N) is 2. The molecule has 2 amide bonds. The van der Waals surface area contributed by atoms with E-state index in [9.17, 15) is 22.8 Å². The maximum absolute atomic E-state index is 12.6. The smallest absolute Gasteiger partial charge is 0.475 e. The molecule has 2 heterocycles. The third-order valence-corrected chi connectivity index (χ3v) is 7.02. The number of nitrogens with zero attached hydrogens (tertiary/aromatic N) is 2. The van der Waals surface area contributed by atoms with E-state index >= 15 is 0 Å². The van der Waals surface area contributed by atoms with Crippen molar-refractivity contribution in [3.05, 3.63) is 52.7 Å². The first-order chi connectivity index (χ1) is 18.8. The number of rotatable bonds is 5. The Morgan fingerprint density at radius 3 is 2.27 bits per heavy atom. The summed E-state index contributed by atoms with van der Waals surface area (Å²) >= 11 is 6.05. The SMILES string of the molecule is CC(=O)NNC(=O)[C@H]1CN(C2CCC(c3ncc(C)o3)CC2)[C@@H](Cc2ccc(Cl)cc2)CO1.O=C(O)C(F)(F)F. The topological polar surface area (TPSA) is 134 Å². The van der Waals surface area contributed by atoms with Gasteiger partial charge in [-0.25, -0.2) is 9.78 Å². The molecule has 2 fully saturated rings. The fraction of sp³-hybridized carbons (Fsp3) is 0.538. The number of oxazole rings is 1. The van der Waals surface area contributed by atoms with Crippen molar-refractivity contribution in [3.63, 3.8) is 0 Å². The maximum Gasteiger partial charge on any atom is 0.490 e. The summed E-state index contributed by atoms with van der Waals surface area (Å²) in [6.45, 7) is 4.20. The van der Waals surface area contributed by atoms with Crippen LogP contribution >= 0.6 is 11.6 Å². The summed E-state index contributed by atoms with van der Waals surface area (Å²) < 4.78 is 43.4. The summed E-state index contributed by atoms with van der Waals surface area (Å²) in [5, 5.41) is 7.84. The molecular weight excluding hydrogens is 557 g/mol. The first-order valence-electron chi connectivity index (χ1n) is 12.7. The lowest BCUT2D eigenvalue weighted by Crippen LogP contribution is -2.59. The van der Waals surface area contributed by atoms with E-state index in [1.165, 1.54) is 12.5 Å². The quantitative estimate of drug-likeness (QED) is 0.450. The van der Waals surface area contributed by atoms with Gasteiger partial charge in [0, 0.05) is 36.5 Å². The number of carboxylic acid groups (broad SMARTS) is 1. The van der Waals surface area contributed by atoms with Crippen LogP contribution in [-0.4, -0.2) is 70.3 Å². The van der Waals surface area contributed by atoms with E-state index in [0.29, 0.717) is 30.1 Å². The molecular formula is C26H32ClF3N4O6. The van der Waals surface area contributed by atoms with E-state index in [0.717, 1.165) is 43.8 Å². The Morgan fingerprint density at radius 2 is 1.75 bits per heavy atom. The number of morpholine rings is 1. The van der Waals surface area contributed by atoms with Gasteiger partial charge in [0.1, 0.15) is 5.76 Å². The second kappa shape index (κ2) is 14.0. The summed E-state index contributed by atoms with van der Waals surface area (Å²) in [4.78, 5) is 39.5. The van der Waals surface area contributed by atoms with Crippen molar-refractivity contribution in [1.82, 2.24) is 20.7 Å². The normalized spacial score (nSPS) is 23.4. The molecule has 2 atom stereocenters. The van der Waals surface area contributed by atoms with Gasteiger partial charge < -0.3 is 14.3 Å². The monoisotopic (exact) mass is 588 g/mol. The van der Waals surface area contributed by atoms with Crippen LogP contribution in [0.4, 0.5) is 13.2 Å². The highest BCUT2D eigenvalue weighted by Crippen LogP contribution is 2.36. The fourth-order valence-corrected chi connectivity index (χ4v) is 4.96. The van der Waals surface area contributed by atoms with E-state index in [-0.39, 0.29) is 17.9 Å². The molecule has 1 aromatic heterocycles. The Morgan fingerprint density at radius 1 is 1.12 bits per heavy atom. The molecule has 0 radical (unpaired) electrons. The van der Waals surface area contributed by atoms with Crippen LogP contribution < -0.4 is 10.9 Å². The molecule has 4 rings (SSSR count). The van der Waals surface area contributed by atoms with Crippen molar-refractivity contribution in [2.24, 2.45) is 0 Å². The molecule has 2 aliphatic rings. The van der Waals surface area contributed by atoms with Crippen molar-refractivity contribution in [2.45, 2.75) is 76.2 Å². The maximum atomic E-state index is 12.6. The zero-order chi connectivity index (χ0) is 29.4. The van der Waals surface area contributed by atoms with Crippen LogP contribution in [0.2, 0.25) is 5.02 Å². The molecule has 1 saturated heterocycles. The average Bonchev–Trinajstić information content (AvgIpc) is 3.35. The number of aliphatic carboxylic acids is 1. The molecule has 10 nitrogen and oxygen atoms in total. The Labute approximate surface area is 234 Å². The van der Waals surface area contributed by atoms with E-state index in [1.807, 2.05) is 31.2 Å². The highest BCUT2D eigenvalue weighted by atomic mass is 35.5. The predicted molar refractivity (Wildman–Crippen MR) is 137 cm³/mol. The lowest BCUT2D eigenvalue weighted by atomic mass is 9.84. The number of carbonyl (C=O) groups excluding carboxylic acids is 2. The van der Waals surface area contributed by atoms with Crippen LogP contribution in [0.1, 0.15) is 55.7 Å². The van der Waals surface area contributed by atoms with E-state index in [1.54, 1.807) is 6.20 Å². The molecule has 14 heteroatoms. The number of aromatic nitrogens is 1. The molecule has 0 spiro atoms. The summed E-state index contributed by atoms with van der Waals surface area (Å²) in [5.41, 5.74) is 5.99. The third kappa shape index (κ3) is 9.20. The van der Waals surface area contributed by atoms with Crippen LogP contribution in [-0.2, 0) is 25.5 Å². The summed E-state index contributed by atoms with van der Waals surface area (Å²) in [7, 11) is 0. The number of carbonyl (C=O) groups is 3. The van der Waals surface area contributed by atoms with E-state index in [4.69, 9.17) is 30.7 Å². The number of amides is 2. The van der Waals surface area contributed by atoms with Gasteiger partial charge in [-0.15, -0.1) is 0 Å². The molecule has 2 aromatic rings. The standard InChI is InChI=1S/C24H31ClN4O4.C2HF3O2/c1-15-12-26-24(33-15)18-5-9-20(10-6-18)29-13-22(23(31)28-27-16(2)30)32-14-21(29)11-17-3-7-19(25)8-4-17;3-2(4,5)1(6)7/h3-4,7-8,12,18,20-22H,5-6,9-11,13-14H2,1-2H3,(H,27,30)(H,28,31);(H,6,7)/t18?,20?,21-,22+;/m0./s1. The molecule has 3 N–H and O–H groups in total. The van der Waals surface area contributed by atoms with Crippen LogP contribution in [0.3, 0.4) is 0 Å². The first kappa shape index (κ1) is 31.4. The van der Waals surface area contributed by atoms with Crippen molar-refractivity contribution in [1.29, 1.82) is 0 Å². The second-order valence-electron chi connectivity index (χ2n) is 9.79. The minimum Gasteiger partial charge on any atom is -0.475 e. The van der Waals surface area contributed by atoms with Gasteiger partial charge >= 0.3 is 12.1 Å². The van der Waals surface area contributed by atoms with Crippen LogP contribution in [0.15, 0.2) is 34.9 Å². The van der Waals surface area contributed by atoms with Gasteiger partial charge in [-0.2, -0.15) is 13.2 Å². The van der Waals surface area contributed by atoms with Gasteiger partial charge in [0.25, 0.3) is 5.91 Å². The summed E-state index contributed by atoms with van der Waals surface area (Å²) in [6.07, 6.45) is 0.883. The van der Waals surface area contributed by atoms with Gasteiger partial charge in [0.2, 0.25) is 5.91 Å². The van der Waals surface area contributed by atoms with Crippen molar-refractivity contribution in [3.8, 4) is 0 Å². The van der Waals surface area contributed by atoms with Crippen molar-refractivity contribution < 1.29 is 41.8 Å². The number of hydrogen-bond donors (Lipinski definition) is 3. The van der Waals surface area contributed by atoms with Crippen LogP contribution in [0.25, 0.3) is 0 Å². The third-order valence-electron chi connectivity index (χ3n) is 6.77. The minimum atomic E-state index is -5.08.